The molecule has 1 heterocycles. The van der Waals surface area contributed by atoms with Crippen LogP contribution in [0.4, 0.5) is 0 Å². The maximum atomic E-state index is 14.1. The highest BCUT2D eigenvalue weighted by Gasteiger charge is 2.53. The molecular weight excluding hydrogens is 509 g/mol. The van der Waals surface area contributed by atoms with E-state index < -0.39 is 33.3 Å². The Bertz CT molecular complexity index is 1200. The molecular formula is C26H31Cl2NO5S. The first-order chi connectivity index (χ1) is 16.2. The number of halogens is 2. The number of carbonyl (C=O) groups excluding carboxylic acids is 1. The molecule has 1 aliphatic rings. The van der Waals surface area contributed by atoms with Gasteiger partial charge in [0.15, 0.2) is 0 Å². The van der Waals surface area contributed by atoms with Gasteiger partial charge in [-0.05, 0) is 47.7 Å². The normalized spacial score (nSPS) is 24.0. The van der Waals surface area contributed by atoms with Gasteiger partial charge in [-0.15, -0.1) is 0 Å². The number of carboxylic acid groups (broad SMARTS) is 1. The molecule has 0 aliphatic carbocycles. The third kappa shape index (κ3) is 6.38. The maximum Gasteiger partial charge on any atom is 0.304 e. The zero-order chi connectivity index (χ0) is 26.1. The standard InChI is InChI=1S/C26H31Cl2NO5S/c1-16(2)22(15-35(4,33)34)29-24(17-8-10-19(27)11-9-17)21(18-6-5-7-20(28)12-18)13-26(3,25(29)32)14-23(30)31/h5-12,16,21-22,24H,13-15H2,1-4H3,(H,30,31)/t21-,22?,24-,26-/m1/s1. The first-order valence-corrected chi connectivity index (χ1v) is 14.3. The fourth-order valence-electron chi connectivity index (χ4n) is 5.15. The van der Waals surface area contributed by atoms with Gasteiger partial charge in [0.1, 0.15) is 9.84 Å². The minimum atomic E-state index is -3.46. The predicted molar refractivity (Wildman–Crippen MR) is 139 cm³/mol. The summed E-state index contributed by atoms with van der Waals surface area (Å²) < 4.78 is 24.9. The van der Waals surface area contributed by atoms with Gasteiger partial charge in [0.2, 0.25) is 5.91 Å². The van der Waals surface area contributed by atoms with Gasteiger partial charge in [-0.1, -0.05) is 68.2 Å². The van der Waals surface area contributed by atoms with E-state index in [1.165, 1.54) is 0 Å². The highest BCUT2D eigenvalue weighted by Crippen LogP contribution is 2.52. The Labute approximate surface area is 217 Å². The van der Waals surface area contributed by atoms with Crippen molar-refractivity contribution in [3.8, 4) is 0 Å². The third-order valence-electron chi connectivity index (χ3n) is 6.73. The highest BCUT2D eigenvalue weighted by atomic mass is 35.5. The molecule has 2 aromatic rings. The van der Waals surface area contributed by atoms with Gasteiger partial charge in [0.25, 0.3) is 0 Å². The zero-order valence-electron chi connectivity index (χ0n) is 20.2. The van der Waals surface area contributed by atoms with E-state index in [0.29, 0.717) is 10.0 Å². The summed E-state index contributed by atoms with van der Waals surface area (Å²) >= 11 is 12.5. The number of hydrogen-bond donors (Lipinski definition) is 1. The fraction of sp³-hybridized carbons (Fsp3) is 0.462. The van der Waals surface area contributed by atoms with E-state index in [1.807, 2.05) is 44.2 Å². The summed E-state index contributed by atoms with van der Waals surface area (Å²) in [6.45, 7) is 5.41. The van der Waals surface area contributed by atoms with Crippen LogP contribution in [-0.2, 0) is 19.4 Å². The lowest BCUT2D eigenvalue weighted by Gasteiger charge is -2.52. The molecule has 0 spiro atoms. The van der Waals surface area contributed by atoms with Crippen LogP contribution < -0.4 is 0 Å². The second-order valence-corrected chi connectivity index (χ2v) is 13.2. The molecule has 1 fully saturated rings. The lowest BCUT2D eigenvalue weighted by Crippen LogP contribution is -2.58. The highest BCUT2D eigenvalue weighted by molar-refractivity contribution is 7.90. The van der Waals surface area contributed by atoms with Crippen LogP contribution in [-0.4, -0.2) is 48.4 Å². The van der Waals surface area contributed by atoms with Crippen molar-refractivity contribution in [3.63, 3.8) is 0 Å². The molecule has 0 aromatic heterocycles. The zero-order valence-corrected chi connectivity index (χ0v) is 22.6. The SMILES string of the molecule is CC(C)C(CS(C)(=O)=O)N1C(=O)[C@@](C)(CC(=O)O)C[C@H](c2cccc(Cl)c2)[C@H]1c1ccc(Cl)cc1. The molecule has 9 heteroatoms. The lowest BCUT2D eigenvalue weighted by atomic mass is 9.66. The first-order valence-electron chi connectivity index (χ1n) is 11.4. The van der Waals surface area contributed by atoms with Crippen LogP contribution in [0, 0.1) is 11.3 Å². The predicted octanol–water partition coefficient (Wildman–Crippen LogP) is 5.60. The molecule has 2 aromatic carbocycles. The molecule has 35 heavy (non-hydrogen) atoms. The molecule has 1 unspecified atom stereocenters. The molecule has 1 N–H and O–H groups in total. The molecule has 6 nitrogen and oxygen atoms in total. The average molecular weight is 541 g/mol. The van der Waals surface area contributed by atoms with E-state index in [2.05, 4.69) is 0 Å². The number of benzene rings is 2. The largest absolute Gasteiger partial charge is 0.481 e. The molecule has 0 radical (unpaired) electrons. The summed E-state index contributed by atoms with van der Waals surface area (Å²) in [6, 6.07) is 13.3. The maximum absolute atomic E-state index is 14.1. The van der Waals surface area contributed by atoms with E-state index in [0.717, 1.165) is 17.4 Å². The number of aliphatic carboxylic acids is 1. The number of likely N-dealkylation sites (tertiary alicyclic amines) is 1. The number of rotatable bonds is 8. The number of carbonyl (C=O) groups is 2. The van der Waals surface area contributed by atoms with Gasteiger partial charge in [-0.25, -0.2) is 8.42 Å². The number of nitrogens with zero attached hydrogens (tertiary/aromatic N) is 1. The number of piperidine rings is 1. The summed E-state index contributed by atoms with van der Waals surface area (Å²) in [7, 11) is -3.46. The first kappa shape index (κ1) is 27.5. The van der Waals surface area contributed by atoms with E-state index >= 15 is 0 Å². The van der Waals surface area contributed by atoms with E-state index in [1.54, 1.807) is 30.0 Å². The monoisotopic (exact) mass is 539 g/mol. The number of sulfone groups is 1. The Hall–Kier alpha value is -2.09. The van der Waals surface area contributed by atoms with Crippen LogP contribution in [0.3, 0.4) is 0 Å². The van der Waals surface area contributed by atoms with Crippen LogP contribution >= 0.6 is 23.2 Å². The van der Waals surface area contributed by atoms with Crippen molar-refractivity contribution in [2.45, 2.75) is 51.6 Å². The Morgan fingerprint density at radius 3 is 2.26 bits per heavy atom. The van der Waals surface area contributed by atoms with E-state index in [9.17, 15) is 23.1 Å². The molecule has 1 amide bonds. The summed E-state index contributed by atoms with van der Waals surface area (Å²) in [5.41, 5.74) is 0.421. The summed E-state index contributed by atoms with van der Waals surface area (Å²) in [5.74, 6) is -2.19. The number of carboxylic acids is 1. The second-order valence-electron chi connectivity index (χ2n) is 10.1. The van der Waals surface area contributed by atoms with Crippen molar-refractivity contribution >= 4 is 44.9 Å². The van der Waals surface area contributed by atoms with Gasteiger partial charge in [0, 0.05) is 28.3 Å². The third-order valence-corrected chi connectivity index (χ3v) is 8.17. The molecule has 190 valence electrons. The van der Waals surface area contributed by atoms with Crippen molar-refractivity contribution in [3.05, 3.63) is 69.7 Å². The van der Waals surface area contributed by atoms with Crippen molar-refractivity contribution in [2.24, 2.45) is 11.3 Å². The number of hydrogen-bond acceptors (Lipinski definition) is 4. The van der Waals surface area contributed by atoms with Gasteiger partial charge in [-0.3, -0.25) is 9.59 Å². The number of amides is 1. The van der Waals surface area contributed by atoms with Gasteiger partial charge in [-0.2, -0.15) is 0 Å². The summed E-state index contributed by atoms with van der Waals surface area (Å²) in [5, 5.41) is 10.7. The molecule has 1 saturated heterocycles. The molecule has 0 saturated carbocycles. The Morgan fingerprint density at radius 1 is 1.11 bits per heavy atom. The Balaban J connectivity index is 2.30. The average Bonchev–Trinajstić information content (AvgIpc) is 2.73. The second kappa shape index (κ2) is 10.5. The Morgan fingerprint density at radius 2 is 1.74 bits per heavy atom. The van der Waals surface area contributed by atoms with Crippen LogP contribution in [0.1, 0.15) is 56.7 Å². The van der Waals surface area contributed by atoms with Crippen LogP contribution in [0.25, 0.3) is 0 Å². The minimum Gasteiger partial charge on any atom is -0.481 e. The molecule has 4 atom stereocenters. The van der Waals surface area contributed by atoms with Gasteiger partial charge >= 0.3 is 5.97 Å². The topological polar surface area (TPSA) is 91.8 Å². The van der Waals surface area contributed by atoms with Crippen LogP contribution in [0.2, 0.25) is 10.0 Å². The van der Waals surface area contributed by atoms with Gasteiger partial charge in [0.05, 0.1) is 23.6 Å². The summed E-state index contributed by atoms with van der Waals surface area (Å²) in [4.78, 5) is 27.6. The van der Waals surface area contributed by atoms with Crippen molar-refractivity contribution < 1.29 is 23.1 Å². The molecule has 0 bridgehead atoms. The van der Waals surface area contributed by atoms with Crippen LogP contribution in [0.15, 0.2) is 48.5 Å². The molecule has 1 aliphatic heterocycles. The van der Waals surface area contributed by atoms with Crippen molar-refractivity contribution in [2.75, 3.05) is 12.0 Å². The smallest absolute Gasteiger partial charge is 0.304 e. The van der Waals surface area contributed by atoms with Crippen molar-refractivity contribution in [1.82, 2.24) is 4.90 Å². The fourth-order valence-corrected chi connectivity index (χ4v) is 6.64. The quantitative estimate of drug-likeness (QED) is 0.471. The van der Waals surface area contributed by atoms with E-state index in [4.69, 9.17) is 23.2 Å². The minimum absolute atomic E-state index is 0.198. The van der Waals surface area contributed by atoms with Crippen molar-refractivity contribution in [1.29, 1.82) is 0 Å². The van der Waals surface area contributed by atoms with Gasteiger partial charge < -0.3 is 10.0 Å². The van der Waals surface area contributed by atoms with Crippen LogP contribution in [0.5, 0.6) is 0 Å². The lowest BCUT2D eigenvalue weighted by molar-refractivity contribution is -0.161. The molecule has 3 rings (SSSR count). The Kier molecular flexibility index (Phi) is 8.24. The van der Waals surface area contributed by atoms with E-state index in [-0.39, 0.29) is 36.3 Å². The summed E-state index contributed by atoms with van der Waals surface area (Å²) in [6.07, 6.45) is 1.06.